The Balaban J connectivity index is 1.48. The molecule has 0 unspecified atom stereocenters. The van der Waals surface area contributed by atoms with Crippen LogP contribution < -0.4 is 0 Å². The molecule has 6 heteroatoms. The molecule has 128 valence electrons. The second kappa shape index (κ2) is 7.75. The van der Waals surface area contributed by atoms with Gasteiger partial charge in [0.25, 0.3) is 10.2 Å². The SMILES string of the molecule is O=S(=O)(N1CCCCC1)N1CCC(OCc2ccccc2)CC1. The Labute approximate surface area is 139 Å². The fourth-order valence-electron chi connectivity index (χ4n) is 3.28. The van der Waals surface area contributed by atoms with Crippen LogP contribution in [0.1, 0.15) is 37.7 Å². The highest BCUT2D eigenvalue weighted by Gasteiger charge is 2.33. The smallest absolute Gasteiger partial charge is 0.281 e. The quantitative estimate of drug-likeness (QED) is 0.828. The van der Waals surface area contributed by atoms with Gasteiger partial charge in [0.1, 0.15) is 0 Å². The van der Waals surface area contributed by atoms with Gasteiger partial charge in [-0.1, -0.05) is 36.8 Å². The molecular formula is C17H26N2O3S. The van der Waals surface area contributed by atoms with Crippen LogP contribution >= 0.6 is 0 Å². The average Bonchev–Trinajstić information content (AvgIpc) is 2.62. The summed E-state index contributed by atoms with van der Waals surface area (Å²) in [6, 6.07) is 10.1. The van der Waals surface area contributed by atoms with Crippen molar-refractivity contribution in [3.63, 3.8) is 0 Å². The highest BCUT2D eigenvalue weighted by atomic mass is 32.2. The first-order chi connectivity index (χ1) is 11.2. The summed E-state index contributed by atoms with van der Waals surface area (Å²) >= 11 is 0. The van der Waals surface area contributed by atoms with Crippen LogP contribution in [0.5, 0.6) is 0 Å². The molecule has 0 saturated carbocycles. The van der Waals surface area contributed by atoms with E-state index in [1.807, 2.05) is 18.2 Å². The van der Waals surface area contributed by atoms with Crippen LogP contribution in [0.15, 0.2) is 30.3 Å². The molecule has 5 nitrogen and oxygen atoms in total. The molecule has 2 heterocycles. The predicted octanol–water partition coefficient (Wildman–Crippen LogP) is 2.40. The van der Waals surface area contributed by atoms with Crippen molar-refractivity contribution < 1.29 is 13.2 Å². The second-order valence-corrected chi connectivity index (χ2v) is 8.29. The van der Waals surface area contributed by atoms with E-state index in [1.54, 1.807) is 8.61 Å². The van der Waals surface area contributed by atoms with E-state index in [1.165, 1.54) is 0 Å². The maximum atomic E-state index is 12.6. The van der Waals surface area contributed by atoms with Crippen molar-refractivity contribution in [3.8, 4) is 0 Å². The third kappa shape index (κ3) is 4.32. The molecule has 0 spiro atoms. The third-order valence-electron chi connectivity index (χ3n) is 4.70. The van der Waals surface area contributed by atoms with Crippen molar-refractivity contribution >= 4 is 10.2 Å². The summed E-state index contributed by atoms with van der Waals surface area (Å²) in [7, 11) is -3.26. The van der Waals surface area contributed by atoms with Crippen LogP contribution in [-0.2, 0) is 21.6 Å². The molecule has 23 heavy (non-hydrogen) atoms. The third-order valence-corrected chi connectivity index (χ3v) is 6.73. The van der Waals surface area contributed by atoms with E-state index in [2.05, 4.69) is 12.1 Å². The Morgan fingerprint density at radius 3 is 2.17 bits per heavy atom. The van der Waals surface area contributed by atoms with Gasteiger partial charge in [-0.25, -0.2) is 0 Å². The van der Waals surface area contributed by atoms with Gasteiger partial charge in [-0.15, -0.1) is 0 Å². The molecule has 2 saturated heterocycles. The number of hydrogen-bond acceptors (Lipinski definition) is 3. The minimum absolute atomic E-state index is 0.156. The molecule has 2 fully saturated rings. The number of hydrogen-bond donors (Lipinski definition) is 0. The van der Waals surface area contributed by atoms with Gasteiger partial charge in [-0.2, -0.15) is 17.0 Å². The zero-order valence-corrected chi connectivity index (χ0v) is 14.4. The summed E-state index contributed by atoms with van der Waals surface area (Å²) < 4.78 is 34.5. The largest absolute Gasteiger partial charge is 0.373 e. The fourth-order valence-corrected chi connectivity index (χ4v) is 5.00. The molecule has 0 atom stereocenters. The van der Waals surface area contributed by atoms with E-state index < -0.39 is 10.2 Å². The van der Waals surface area contributed by atoms with Gasteiger partial charge >= 0.3 is 0 Å². The van der Waals surface area contributed by atoms with Crippen molar-refractivity contribution in [1.82, 2.24) is 8.61 Å². The van der Waals surface area contributed by atoms with Gasteiger partial charge in [-0.05, 0) is 31.2 Å². The lowest BCUT2D eigenvalue weighted by molar-refractivity contribution is 0.00937. The molecule has 1 aromatic rings. The van der Waals surface area contributed by atoms with Crippen LogP contribution in [0, 0.1) is 0 Å². The number of nitrogens with zero attached hydrogens (tertiary/aromatic N) is 2. The average molecular weight is 338 g/mol. The Bertz CT molecular complexity index is 577. The van der Waals surface area contributed by atoms with Gasteiger partial charge in [0.2, 0.25) is 0 Å². The lowest BCUT2D eigenvalue weighted by Gasteiger charge is -2.36. The van der Waals surface area contributed by atoms with Gasteiger partial charge in [0.15, 0.2) is 0 Å². The molecule has 2 aliphatic heterocycles. The Hall–Kier alpha value is -0.950. The van der Waals surface area contributed by atoms with E-state index in [-0.39, 0.29) is 6.10 Å². The molecular weight excluding hydrogens is 312 g/mol. The van der Waals surface area contributed by atoms with Crippen LogP contribution in [0.2, 0.25) is 0 Å². The summed E-state index contributed by atoms with van der Waals surface area (Å²) in [5.41, 5.74) is 1.16. The lowest BCUT2D eigenvalue weighted by atomic mass is 10.1. The van der Waals surface area contributed by atoms with Gasteiger partial charge in [0.05, 0.1) is 12.7 Å². The summed E-state index contributed by atoms with van der Waals surface area (Å²) in [6.07, 6.45) is 4.82. The van der Waals surface area contributed by atoms with E-state index >= 15 is 0 Å². The van der Waals surface area contributed by atoms with Gasteiger partial charge in [0, 0.05) is 26.2 Å². The number of rotatable bonds is 5. The minimum Gasteiger partial charge on any atom is -0.373 e. The van der Waals surface area contributed by atoms with Crippen molar-refractivity contribution in [2.45, 2.75) is 44.8 Å². The highest BCUT2D eigenvalue weighted by molar-refractivity contribution is 7.86. The standard InChI is InChI=1S/C17H26N2O3S/c20-23(21,18-11-5-2-6-12-18)19-13-9-17(10-14-19)22-15-16-7-3-1-4-8-16/h1,3-4,7-8,17H,2,5-6,9-15H2. The first-order valence-corrected chi connectivity index (χ1v) is 9.97. The van der Waals surface area contributed by atoms with Crippen molar-refractivity contribution in [2.24, 2.45) is 0 Å². The van der Waals surface area contributed by atoms with Crippen LogP contribution in [-0.4, -0.2) is 49.3 Å². The van der Waals surface area contributed by atoms with Crippen LogP contribution in [0.4, 0.5) is 0 Å². The highest BCUT2D eigenvalue weighted by Crippen LogP contribution is 2.22. The number of ether oxygens (including phenoxy) is 1. The molecule has 0 bridgehead atoms. The summed E-state index contributed by atoms with van der Waals surface area (Å²) in [6.45, 7) is 3.08. The number of benzene rings is 1. The maximum absolute atomic E-state index is 12.6. The minimum atomic E-state index is -3.26. The molecule has 0 amide bonds. The summed E-state index contributed by atoms with van der Waals surface area (Å²) in [5.74, 6) is 0. The summed E-state index contributed by atoms with van der Waals surface area (Å²) in [4.78, 5) is 0. The van der Waals surface area contributed by atoms with Crippen molar-refractivity contribution in [2.75, 3.05) is 26.2 Å². The van der Waals surface area contributed by atoms with Crippen molar-refractivity contribution in [3.05, 3.63) is 35.9 Å². The van der Waals surface area contributed by atoms with E-state index in [0.717, 1.165) is 37.7 Å². The maximum Gasteiger partial charge on any atom is 0.281 e. The second-order valence-electron chi connectivity index (χ2n) is 6.36. The normalized spacial score (nSPS) is 22.3. The molecule has 0 aliphatic carbocycles. The molecule has 3 rings (SSSR count). The molecule has 0 radical (unpaired) electrons. The van der Waals surface area contributed by atoms with E-state index in [0.29, 0.717) is 32.8 Å². The van der Waals surface area contributed by atoms with Crippen molar-refractivity contribution in [1.29, 1.82) is 0 Å². The Morgan fingerprint density at radius 2 is 1.52 bits per heavy atom. The van der Waals surface area contributed by atoms with E-state index in [9.17, 15) is 8.42 Å². The van der Waals surface area contributed by atoms with Crippen LogP contribution in [0.25, 0.3) is 0 Å². The number of piperidine rings is 2. The van der Waals surface area contributed by atoms with Crippen LogP contribution in [0.3, 0.4) is 0 Å². The predicted molar refractivity (Wildman–Crippen MR) is 90.2 cm³/mol. The first kappa shape index (κ1) is 16.9. The first-order valence-electron chi connectivity index (χ1n) is 8.57. The molecule has 1 aromatic carbocycles. The fraction of sp³-hybridized carbons (Fsp3) is 0.647. The van der Waals surface area contributed by atoms with Gasteiger partial charge in [-0.3, -0.25) is 0 Å². The lowest BCUT2D eigenvalue weighted by Crippen LogP contribution is -2.49. The zero-order valence-electron chi connectivity index (χ0n) is 13.6. The van der Waals surface area contributed by atoms with Gasteiger partial charge < -0.3 is 4.74 Å². The topological polar surface area (TPSA) is 49.9 Å². The molecule has 0 aromatic heterocycles. The monoisotopic (exact) mass is 338 g/mol. The molecule has 0 N–H and O–H groups in total. The Morgan fingerprint density at radius 1 is 0.913 bits per heavy atom. The Kier molecular flexibility index (Phi) is 5.69. The zero-order chi connectivity index (χ0) is 16.1. The van der Waals surface area contributed by atoms with E-state index in [4.69, 9.17) is 4.74 Å². The molecule has 2 aliphatic rings. The summed E-state index contributed by atoms with van der Waals surface area (Å²) in [5, 5.41) is 0.